The molecule has 0 N–H and O–H groups in total. The number of hydrogen-bond acceptors (Lipinski definition) is 2. The molecule has 0 saturated carbocycles. The van der Waals surface area contributed by atoms with Gasteiger partial charge in [-0.1, -0.05) is 0 Å². The van der Waals surface area contributed by atoms with E-state index in [0.29, 0.717) is 0 Å². The van der Waals surface area contributed by atoms with Crippen molar-refractivity contribution in [3.63, 3.8) is 0 Å². The Morgan fingerprint density at radius 3 is 2.44 bits per heavy atom. The molecule has 9 heavy (non-hydrogen) atoms. The van der Waals surface area contributed by atoms with Crippen molar-refractivity contribution in [3.05, 3.63) is 11.7 Å². The molecule has 1 rings (SSSR count). The third-order valence-electron chi connectivity index (χ3n) is 1.13. The van der Waals surface area contributed by atoms with E-state index in [2.05, 4.69) is 25.3 Å². The van der Waals surface area contributed by atoms with Crippen LogP contribution in [-0.4, -0.2) is 23.4 Å². The molecule has 0 unspecified atom stereocenters. The van der Waals surface area contributed by atoms with Gasteiger partial charge in [-0.05, 0) is 0 Å². The second kappa shape index (κ2) is 2.58. The zero-order chi connectivity index (χ0) is 6.91. The van der Waals surface area contributed by atoms with Crippen LogP contribution in [0.15, 0.2) is 6.20 Å². The van der Waals surface area contributed by atoms with Crippen LogP contribution < -0.4 is 2.89 Å². The van der Waals surface area contributed by atoms with E-state index in [1.807, 2.05) is 6.20 Å². The average Bonchev–Trinajstić information content (AvgIpc) is 2.08. The molecular weight excluding hydrogens is 237 g/mol. The Morgan fingerprint density at radius 1 is 1.56 bits per heavy atom. The van der Waals surface area contributed by atoms with Gasteiger partial charge < -0.3 is 0 Å². The van der Waals surface area contributed by atoms with Crippen molar-refractivity contribution in [2.45, 2.75) is 14.8 Å². The summed E-state index contributed by atoms with van der Waals surface area (Å²) >= 11 is -0.0369. The van der Waals surface area contributed by atoms with Crippen molar-refractivity contribution >= 4 is 32.6 Å². The first-order chi connectivity index (χ1) is 4.11. The van der Waals surface area contributed by atoms with E-state index in [1.54, 1.807) is 11.3 Å². The Kier molecular flexibility index (Phi) is 2.16. The molecule has 1 aromatic rings. The topological polar surface area (TPSA) is 12.9 Å². The van der Waals surface area contributed by atoms with Gasteiger partial charge in [0.15, 0.2) is 0 Å². The zero-order valence-electron chi connectivity index (χ0n) is 5.93. The molecule has 0 spiro atoms. The minimum absolute atomic E-state index is 1.50. The van der Waals surface area contributed by atoms with Crippen molar-refractivity contribution in [3.8, 4) is 0 Å². The molecule has 0 amide bonds. The summed E-state index contributed by atoms with van der Waals surface area (Å²) in [6, 6.07) is 0. The van der Waals surface area contributed by atoms with Crippen molar-refractivity contribution in [1.29, 1.82) is 0 Å². The van der Waals surface area contributed by atoms with E-state index in [0.717, 1.165) is 0 Å². The van der Waals surface area contributed by atoms with E-state index in [4.69, 9.17) is 0 Å². The molecule has 0 aliphatic rings. The van der Waals surface area contributed by atoms with Gasteiger partial charge in [0, 0.05) is 0 Å². The van der Waals surface area contributed by atoms with Gasteiger partial charge in [-0.25, -0.2) is 0 Å². The summed E-state index contributed by atoms with van der Waals surface area (Å²) in [5.74, 6) is 0. The number of thiazole rings is 1. The van der Waals surface area contributed by atoms with Gasteiger partial charge in [0.05, 0.1) is 0 Å². The summed E-state index contributed by atoms with van der Waals surface area (Å²) in [6.45, 7) is 0. The Hall–Kier alpha value is 0.429. The number of nitrogens with zero attached hydrogens (tertiary/aromatic N) is 1. The van der Waals surface area contributed by atoms with Crippen LogP contribution in [-0.2, 0) is 0 Å². The summed E-state index contributed by atoms with van der Waals surface area (Å²) in [5.41, 5.74) is 2.88. The van der Waals surface area contributed by atoms with Crippen molar-refractivity contribution in [2.75, 3.05) is 0 Å². The second-order valence-electron chi connectivity index (χ2n) is 3.07. The molecule has 0 atom stereocenters. The molecule has 1 nitrogen and oxygen atoms in total. The molecule has 0 aliphatic heterocycles. The van der Waals surface area contributed by atoms with Gasteiger partial charge in [0.25, 0.3) is 0 Å². The standard InChI is InChI=1S/C3HNS.3CH3.Sn/c1-2-5-3-4-1;;;;/h1H;3*1H3;/q-1;;;;. The zero-order valence-corrected chi connectivity index (χ0v) is 9.60. The molecule has 0 fully saturated rings. The van der Waals surface area contributed by atoms with Gasteiger partial charge in [0.2, 0.25) is 0 Å². The van der Waals surface area contributed by atoms with Crippen LogP contribution in [0.4, 0.5) is 0 Å². The van der Waals surface area contributed by atoms with E-state index >= 15 is 0 Å². The predicted octanol–water partition coefficient (Wildman–Crippen LogP) is 1.49. The molecule has 3 heteroatoms. The Balaban J connectivity index is 2.90. The Labute approximate surface area is 64.0 Å². The summed E-state index contributed by atoms with van der Waals surface area (Å²) in [6.07, 6.45) is 1.97. The molecular formula is C6H10NSSn-. The predicted molar refractivity (Wildman–Crippen MR) is 43.9 cm³/mol. The quantitative estimate of drug-likeness (QED) is 0.541. The fourth-order valence-electron chi connectivity index (χ4n) is 0.534. The fourth-order valence-corrected chi connectivity index (χ4v) is 5.45. The normalized spacial score (nSPS) is 11.9. The Morgan fingerprint density at radius 2 is 2.22 bits per heavy atom. The van der Waals surface area contributed by atoms with Crippen LogP contribution >= 0.6 is 11.3 Å². The van der Waals surface area contributed by atoms with E-state index in [9.17, 15) is 0 Å². The van der Waals surface area contributed by atoms with E-state index in [1.165, 1.54) is 2.89 Å². The third kappa shape index (κ3) is 1.93. The third-order valence-corrected chi connectivity index (χ3v) is 11.2. The molecule has 0 saturated heterocycles. The maximum atomic E-state index is 3.93. The van der Waals surface area contributed by atoms with Crippen LogP contribution in [0.3, 0.4) is 0 Å². The molecule has 0 aromatic carbocycles. The summed E-state index contributed by atoms with van der Waals surface area (Å²) < 4.78 is 1.50. The summed E-state index contributed by atoms with van der Waals surface area (Å²) in [5, 5.41) is 0. The van der Waals surface area contributed by atoms with Gasteiger partial charge in [-0.2, -0.15) is 0 Å². The monoisotopic (exact) mass is 248 g/mol. The summed E-state index contributed by atoms with van der Waals surface area (Å²) in [4.78, 5) is 11.1. The molecule has 0 radical (unpaired) electrons. The first-order valence-corrected chi connectivity index (χ1v) is 13.7. The van der Waals surface area contributed by atoms with E-state index < -0.39 is 18.4 Å². The van der Waals surface area contributed by atoms with Crippen LogP contribution in [0, 0.1) is 5.51 Å². The van der Waals surface area contributed by atoms with Crippen LogP contribution in [0.1, 0.15) is 0 Å². The minimum atomic E-state index is -1.72. The van der Waals surface area contributed by atoms with Gasteiger partial charge in [-0.3, -0.25) is 0 Å². The van der Waals surface area contributed by atoms with Crippen molar-refractivity contribution in [2.24, 2.45) is 0 Å². The fraction of sp³-hybridized carbons (Fsp3) is 0.500. The first kappa shape index (κ1) is 7.53. The van der Waals surface area contributed by atoms with Crippen LogP contribution in [0.5, 0.6) is 0 Å². The van der Waals surface area contributed by atoms with Gasteiger partial charge in [0.1, 0.15) is 0 Å². The Bertz CT molecular complexity index is 175. The maximum absolute atomic E-state index is 3.93. The SMILES string of the molecule is [CH3][Sn]([CH3])([CH3])[c]1cn[c-]s1. The van der Waals surface area contributed by atoms with Crippen molar-refractivity contribution in [1.82, 2.24) is 4.98 Å². The number of hydrogen-bond donors (Lipinski definition) is 0. The van der Waals surface area contributed by atoms with Crippen molar-refractivity contribution < 1.29 is 0 Å². The average molecular weight is 247 g/mol. The molecule has 1 heterocycles. The van der Waals surface area contributed by atoms with E-state index in [-0.39, 0.29) is 0 Å². The van der Waals surface area contributed by atoms with Crippen LogP contribution in [0.2, 0.25) is 14.8 Å². The molecule has 0 aliphatic carbocycles. The molecule has 1 aromatic heterocycles. The first-order valence-electron chi connectivity index (χ1n) is 2.93. The van der Waals surface area contributed by atoms with Gasteiger partial charge in [-0.15, -0.1) is 0 Å². The van der Waals surface area contributed by atoms with Crippen LogP contribution in [0.25, 0.3) is 0 Å². The molecule has 0 bridgehead atoms. The molecule has 50 valence electrons. The number of rotatable bonds is 1. The second-order valence-corrected chi connectivity index (χ2v) is 19.3. The summed E-state index contributed by atoms with van der Waals surface area (Å²) in [7, 11) is 0. The number of aromatic nitrogens is 1. The van der Waals surface area contributed by atoms with Gasteiger partial charge >= 0.3 is 64.1 Å².